The lowest BCUT2D eigenvalue weighted by atomic mass is 10.0. The Morgan fingerprint density at radius 1 is 0.957 bits per heavy atom. The average Bonchev–Trinajstić information content (AvgIpc) is 2.58. The first-order valence-electron chi connectivity index (χ1n) is 7.44. The Bertz CT molecular complexity index is 798. The monoisotopic (exact) mass is 303 g/mol. The minimum Gasteiger partial charge on any atom is -0.320 e. The zero-order valence-electron chi connectivity index (χ0n) is 12.9. The summed E-state index contributed by atoms with van der Waals surface area (Å²) >= 11 is 0. The van der Waals surface area contributed by atoms with E-state index < -0.39 is 0 Å². The van der Waals surface area contributed by atoms with Crippen LogP contribution in [0.15, 0.2) is 67.0 Å². The fourth-order valence-electron chi connectivity index (χ4n) is 2.31. The smallest absolute Gasteiger partial charge is 0.275 e. The van der Waals surface area contributed by atoms with Gasteiger partial charge in [0.2, 0.25) is 0 Å². The highest BCUT2D eigenvalue weighted by molar-refractivity contribution is 6.03. The summed E-state index contributed by atoms with van der Waals surface area (Å²) in [6.45, 7) is 1.84. The number of amides is 1. The molecule has 0 fully saturated rings. The average molecular weight is 303 g/mol. The Morgan fingerprint density at radius 2 is 1.70 bits per heavy atom. The summed E-state index contributed by atoms with van der Waals surface area (Å²) in [7, 11) is 0. The van der Waals surface area contributed by atoms with Gasteiger partial charge in [0.1, 0.15) is 5.69 Å². The van der Waals surface area contributed by atoms with Crippen LogP contribution in [-0.2, 0) is 6.42 Å². The van der Waals surface area contributed by atoms with E-state index >= 15 is 0 Å². The number of anilines is 1. The van der Waals surface area contributed by atoms with Gasteiger partial charge in [-0.25, -0.2) is 4.98 Å². The molecule has 4 nitrogen and oxygen atoms in total. The summed E-state index contributed by atoms with van der Waals surface area (Å²) in [5.74, 6) is -0.252. The zero-order chi connectivity index (χ0) is 16.1. The van der Waals surface area contributed by atoms with Crippen LogP contribution in [0.25, 0.3) is 0 Å². The van der Waals surface area contributed by atoms with E-state index in [9.17, 15) is 4.79 Å². The maximum absolute atomic E-state index is 12.3. The van der Waals surface area contributed by atoms with E-state index in [1.807, 2.05) is 49.4 Å². The molecule has 0 spiro atoms. The van der Waals surface area contributed by atoms with Crippen LogP contribution in [0, 0.1) is 6.92 Å². The van der Waals surface area contributed by atoms with Crippen LogP contribution in [0.3, 0.4) is 0 Å². The molecule has 0 atom stereocenters. The lowest BCUT2D eigenvalue weighted by molar-refractivity contribution is 0.102. The summed E-state index contributed by atoms with van der Waals surface area (Å²) in [5.41, 5.74) is 4.15. The standard InChI is InChI=1S/C19H17N3O/c1-14-12-21-18(13-20-14)19(23)22-17-10-6-5-9-16(17)11-15-7-3-2-4-8-15/h2-10,12-13H,11H2,1H3,(H,22,23). The van der Waals surface area contributed by atoms with Crippen LogP contribution < -0.4 is 5.32 Å². The lowest BCUT2D eigenvalue weighted by Gasteiger charge is -2.11. The van der Waals surface area contributed by atoms with Crippen LogP contribution in [0.5, 0.6) is 0 Å². The number of aryl methyl sites for hydroxylation is 1. The summed E-state index contributed by atoms with van der Waals surface area (Å²) in [4.78, 5) is 20.5. The highest BCUT2D eigenvalue weighted by Gasteiger charge is 2.10. The number of hydrogen-bond donors (Lipinski definition) is 1. The number of benzene rings is 2. The molecule has 0 aliphatic heterocycles. The van der Waals surface area contributed by atoms with Gasteiger partial charge in [-0.3, -0.25) is 9.78 Å². The lowest BCUT2D eigenvalue weighted by Crippen LogP contribution is -2.15. The minimum atomic E-state index is -0.252. The van der Waals surface area contributed by atoms with Crippen LogP contribution in [0.4, 0.5) is 5.69 Å². The van der Waals surface area contributed by atoms with Crippen molar-refractivity contribution < 1.29 is 4.79 Å². The van der Waals surface area contributed by atoms with Crippen molar-refractivity contribution in [2.45, 2.75) is 13.3 Å². The number of nitrogens with one attached hydrogen (secondary N) is 1. The van der Waals surface area contributed by atoms with Gasteiger partial charge in [-0.05, 0) is 30.5 Å². The molecular weight excluding hydrogens is 286 g/mol. The highest BCUT2D eigenvalue weighted by atomic mass is 16.1. The first-order chi connectivity index (χ1) is 11.2. The fraction of sp³-hybridized carbons (Fsp3) is 0.105. The molecule has 23 heavy (non-hydrogen) atoms. The van der Waals surface area contributed by atoms with Gasteiger partial charge in [0.05, 0.1) is 11.9 Å². The molecule has 0 aliphatic carbocycles. The summed E-state index contributed by atoms with van der Waals surface area (Å²) in [6, 6.07) is 18.0. The molecule has 1 N–H and O–H groups in total. The van der Waals surface area contributed by atoms with Crippen LogP contribution >= 0.6 is 0 Å². The van der Waals surface area contributed by atoms with Gasteiger partial charge in [0, 0.05) is 11.9 Å². The molecular formula is C19H17N3O. The molecule has 1 aromatic heterocycles. The Hall–Kier alpha value is -3.01. The Labute approximate surface area is 135 Å². The van der Waals surface area contributed by atoms with Crippen molar-refractivity contribution in [1.82, 2.24) is 9.97 Å². The van der Waals surface area contributed by atoms with E-state index in [0.29, 0.717) is 5.69 Å². The van der Waals surface area contributed by atoms with Crippen molar-refractivity contribution in [3.63, 3.8) is 0 Å². The van der Waals surface area contributed by atoms with E-state index in [-0.39, 0.29) is 5.91 Å². The van der Waals surface area contributed by atoms with E-state index in [1.165, 1.54) is 11.8 Å². The Morgan fingerprint density at radius 3 is 2.43 bits per heavy atom. The molecule has 3 aromatic rings. The molecule has 3 rings (SSSR count). The van der Waals surface area contributed by atoms with E-state index in [0.717, 1.165) is 23.4 Å². The van der Waals surface area contributed by atoms with Gasteiger partial charge in [0.25, 0.3) is 5.91 Å². The predicted molar refractivity (Wildman–Crippen MR) is 90.4 cm³/mol. The van der Waals surface area contributed by atoms with Gasteiger partial charge < -0.3 is 5.32 Å². The first-order valence-corrected chi connectivity index (χ1v) is 7.44. The topological polar surface area (TPSA) is 54.9 Å². The summed E-state index contributed by atoms with van der Waals surface area (Å²) < 4.78 is 0. The molecule has 1 amide bonds. The molecule has 2 aromatic carbocycles. The van der Waals surface area contributed by atoms with Crippen molar-refractivity contribution >= 4 is 11.6 Å². The quantitative estimate of drug-likeness (QED) is 0.800. The van der Waals surface area contributed by atoms with Gasteiger partial charge in [-0.2, -0.15) is 0 Å². The van der Waals surface area contributed by atoms with Crippen molar-refractivity contribution in [2.24, 2.45) is 0 Å². The third kappa shape index (κ3) is 3.80. The van der Waals surface area contributed by atoms with Crippen molar-refractivity contribution in [3.8, 4) is 0 Å². The second-order valence-electron chi connectivity index (χ2n) is 5.32. The Kier molecular flexibility index (Phi) is 4.43. The predicted octanol–water partition coefficient (Wildman–Crippen LogP) is 3.63. The number of carbonyl (C=O) groups excluding carboxylic acids is 1. The van der Waals surface area contributed by atoms with Crippen LogP contribution in [0.1, 0.15) is 27.3 Å². The first kappa shape index (κ1) is 14.9. The number of hydrogen-bond acceptors (Lipinski definition) is 3. The van der Waals surface area contributed by atoms with Gasteiger partial charge >= 0.3 is 0 Å². The fourth-order valence-corrected chi connectivity index (χ4v) is 2.31. The molecule has 0 saturated carbocycles. The maximum Gasteiger partial charge on any atom is 0.275 e. The number of nitrogens with zero attached hydrogens (tertiary/aromatic N) is 2. The molecule has 0 unspecified atom stereocenters. The number of para-hydroxylation sites is 1. The number of carbonyl (C=O) groups is 1. The summed E-state index contributed by atoms with van der Waals surface area (Å²) in [5, 5.41) is 2.93. The molecule has 0 bridgehead atoms. The molecule has 0 aliphatic rings. The highest BCUT2D eigenvalue weighted by Crippen LogP contribution is 2.19. The van der Waals surface area contributed by atoms with Gasteiger partial charge in [-0.15, -0.1) is 0 Å². The summed E-state index contributed by atoms with van der Waals surface area (Å²) in [6.07, 6.45) is 3.84. The van der Waals surface area contributed by atoms with Crippen LogP contribution in [-0.4, -0.2) is 15.9 Å². The number of aromatic nitrogens is 2. The Balaban J connectivity index is 1.80. The van der Waals surface area contributed by atoms with Crippen molar-refractivity contribution in [2.75, 3.05) is 5.32 Å². The third-order valence-electron chi connectivity index (χ3n) is 3.52. The second kappa shape index (κ2) is 6.83. The molecule has 4 heteroatoms. The normalized spacial score (nSPS) is 10.3. The molecule has 0 radical (unpaired) electrons. The minimum absolute atomic E-state index is 0.252. The third-order valence-corrected chi connectivity index (χ3v) is 3.52. The SMILES string of the molecule is Cc1cnc(C(=O)Nc2ccccc2Cc2ccccc2)cn1. The van der Waals surface area contributed by atoms with Crippen molar-refractivity contribution in [1.29, 1.82) is 0 Å². The molecule has 1 heterocycles. The van der Waals surface area contributed by atoms with E-state index in [4.69, 9.17) is 0 Å². The zero-order valence-corrected chi connectivity index (χ0v) is 12.9. The largest absolute Gasteiger partial charge is 0.320 e. The van der Waals surface area contributed by atoms with Gasteiger partial charge in [-0.1, -0.05) is 48.5 Å². The van der Waals surface area contributed by atoms with Crippen molar-refractivity contribution in [3.05, 3.63) is 89.5 Å². The van der Waals surface area contributed by atoms with Crippen LogP contribution in [0.2, 0.25) is 0 Å². The molecule has 114 valence electrons. The second-order valence-corrected chi connectivity index (χ2v) is 5.32. The van der Waals surface area contributed by atoms with Gasteiger partial charge in [0.15, 0.2) is 0 Å². The van der Waals surface area contributed by atoms with E-state index in [2.05, 4.69) is 27.4 Å². The maximum atomic E-state index is 12.3. The molecule has 0 saturated heterocycles. The number of rotatable bonds is 4. The van der Waals surface area contributed by atoms with E-state index in [1.54, 1.807) is 6.20 Å².